The molecular formula is C29H26F3N5O. The Morgan fingerprint density at radius 1 is 0.974 bits per heavy atom. The average Bonchev–Trinajstić information content (AvgIpc) is 2.90. The van der Waals surface area contributed by atoms with Crippen LogP contribution in [0.15, 0.2) is 65.5 Å². The zero-order valence-electron chi connectivity index (χ0n) is 21.2. The van der Waals surface area contributed by atoms with Crippen LogP contribution in [0.4, 0.5) is 18.9 Å². The Morgan fingerprint density at radius 3 is 2.32 bits per heavy atom. The van der Waals surface area contributed by atoms with Gasteiger partial charge in [0.25, 0.3) is 5.56 Å². The van der Waals surface area contributed by atoms with E-state index in [1.807, 2.05) is 18.7 Å². The zero-order chi connectivity index (χ0) is 27.1. The average molecular weight is 518 g/mol. The first-order valence-electron chi connectivity index (χ1n) is 12.3. The number of piperazine rings is 1. The summed E-state index contributed by atoms with van der Waals surface area (Å²) in [5, 5.41) is 9.40. The third-order valence-corrected chi connectivity index (χ3v) is 7.32. The standard InChI is InChI=1S/C29H26F3N5O/c1-17-16-37(29(19-7-9-20(30)10-8-19)27-22(31)5-4-6-23(27)32)18(2)15-36(17)25-13-26(38)35(3)24-12-11-21(14-33)34-28(24)25/h4-13,17-18,29H,15-16H2,1-3H3/t17-,18?,29?/m0/s1. The summed E-state index contributed by atoms with van der Waals surface area (Å²) < 4.78 is 45.4. The molecule has 1 aliphatic rings. The molecule has 2 aromatic carbocycles. The molecule has 5 rings (SSSR count). The lowest BCUT2D eigenvalue weighted by Crippen LogP contribution is -2.58. The van der Waals surface area contributed by atoms with Gasteiger partial charge >= 0.3 is 0 Å². The van der Waals surface area contributed by atoms with E-state index < -0.39 is 23.5 Å². The number of hydrogen-bond acceptors (Lipinski definition) is 5. The molecule has 1 aliphatic heterocycles. The predicted molar refractivity (Wildman–Crippen MR) is 139 cm³/mol. The number of hydrogen-bond donors (Lipinski definition) is 0. The van der Waals surface area contributed by atoms with Crippen LogP contribution in [-0.4, -0.2) is 39.6 Å². The third-order valence-electron chi connectivity index (χ3n) is 7.32. The summed E-state index contributed by atoms with van der Waals surface area (Å²) in [5.41, 5.74) is 2.25. The van der Waals surface area contributed by atoms with Crippen LogP contribution in [0, 0.1) is 28.8 Å². The second-order valence-electron chi connectivity index (χ2n) is 9.74. The number of benzene rings is 2. The van der Waals surface area contributed by atoms with E-state index in [0.29, 0.717) is 35.4 Å². The third kappa shape index (κ3) is 4.41. The summed E-state index contributed by atoms with van der Waals surface area (Å²) in [6, 6.07) is 15.1. The molecule has 4 aromatic rings. The Morgan fingerprint density at radius 2 is 1.66 bits per heavy atom. The number of aromatic nitrogens is 2. The van der Waals surface area contributed by atoms with Crippen molar-refractivity contribution in [2.45, 2.75) is 32.0 Å². The summed E-state index contributed by atoms with van der Waals surface area (Å²) in [7, 11) is 1.66. The van der Waals surface area contributed by atoms with E-state index in [4.69, 9.17) is 0 Å². The Hall–Kier alpha value is -4.16. The van der Waals surface area contributed by atoms with Crippen LogP contribution in [0.25, 0.3) is 11.0 Å². The van der Waals surface area contributed by atoms with Crippen molar-refractivity contribution in [3.8, 4) is 6.07 Å². The van der Waals surface area contributed by atoms with Crippen molar-refractivity contribution in [2.75, 3.05) is 18.0 Å². The summed E-state index contributed by atoms with van der Waals surface area (Å²) >= 11 is 0. The Balaban J connectivity index is 1.59. The molecule has 1 saturated heterocycles. The molecule has 9 heteroatoms. The molecule has 0 saturated carbocycles. The van der Waals surface area contributed by atoms with Crippen molar-refractivity contribution < 1.29 is 13.2 Å². The number of nitrogens with zero attached hydrogens (tertiary/aromatic N) is 5. The van der Waals surface area contributed by atoms with E-state index in [1.165, 1.54) is 41.0 Å². The van der Waals surface area contributed by atoms with Gasteiger partial charge in [-0.1, -0.05) is 18.2 Å². The summed E-state index contributed by atoms with van der Waals surface area (Å²) in [5.74, 6) is -1.78. The number of nitriles is 1. The minimum Gasteiger partial charge on any atom is -0.364 e. The molecule has 0 amide bonds. The highest BCUT2D eigenvalue weighted by Gasteiger charge is 2.38. The Bertz CT molecular complexity index is 1590. The highest BCUT2D eigenvalue weighted by atomic mass is 19.1. The maximum absolute atomic E-state index is 15.1. The van der Waals surface area contributed by atoms with E-state index in [1.54, 1.807) is 31.3 Å². The van der Waals surface area contributed by atoms with Crippen LogP contribution >= 0.6 is 0 Å². The SMILES string of the molecule is CC1CN(c2cc(=O)n(C)c3ccc(C#N)nc23)[C@@H](C)CN1C(c1ccc(F)cc1)c1c(F)cccc1F. The summed E-state index contributed by atoms with van der Waals surface area (Å²) in [6.07, 6.45) is 0. The summed E-state index contributed by atoms with van der Waals surface area (Å²) in [4.78, 5) is 21.4. The number of pyridine rings is 2. The first-order chi connectivity index (χ1) is 18.2. The van der Waals surface area contributed by atoms with Crippen LogP contribution in [-0.2, 0) is 7.05 Å². The smallest absolute Gasteiger partial charge is 0.252 e. The molecule has 3 heterocycles. The van der Waals surface area contributed by atoms with Gasteiger partial charge in [-0.3, -0.25) is 9.69 Å². The molecule has 0 N–H and O–H groups in total. The lowest BCUT2D eigenvalue weighted by Gasteiger charge is -2.48. The van der Waals surface area contributed by atoms with E-state index in [0.717, 1.165) is 0 Å². The predicted octanol–water partition coefficient (Wildman–Crippen LogP) is 4.91. The molecule has 1 fully saturated rings. The van der Waals surface area contributed by atoms with Gasteiger partial charge in [-0.25, -0.2) is 18.2 Å². The number of rotatable bonds is 4. The van der Waals surface area contributed by atoms with Gasteiger partial charge in [0, 0.05) is 43.9 Å². The van der Waals surface area contributed by atoms with E-state index in [9.17, 15) is 14.4 Å². The fourth-order valence-electron chi connectivity index (χ4n) is 5.38. The van der Waals surface area contributed by atoms with Gasteiger partial charge < -0.3 is 9.47 Å². The molecule has 0 bridgehead atoms. The lowest BCUT2D eigenvalue weighted by molar-refractivity contribution is 0.125. The van der Waals surface area contributed by atoms with Gasteiger partial charge in [0.1, 0.15) is 34.7 Å². The first-order valence-corrected chi connectivity index (χ1v) is 12.3. The quantitative estimate of drug-likeness (QED) is 0.385. The van der Waals surface area contributed by atoms with Crippen molar-refractivity contribution in [1.29, 1.82) is 5.26 Å². The van der Waals surface area contributed by atoms with Crippen molar-refractivity contribution in [1.82, 2.24) is 14.5 Å². The van der Waals surface area contributed by atoms with E-state index >= 15 is 8.78 Å². The van der Waals surface area contributed by atoms with Crippen LogP contribution in [0.1, 0.15) is 36.7 Å². The van der Waals surface area contributed by atoms with Crippen LogP contribution in [0.3, 0.4) is 0 Å². The molecule has 194 valence electrons. The van der Waals surface area contributed by atoms with Crippen LogP contribution < -0.4 is 10.5 Å². The molecule has 3 atom stereocenters. The Labute approximate surface area is 218 Å². The van der Waals surface area contributed by atoms with Crippen LogP contribution in [0.5, 0.6) is 0 Å². The number of aryl methyl sites for hydroxylation is 1. The van der Waals surface area contributed by atoms with Crippen molar-refractivity contribution in [2.24, 2.45) is 7.05 Å². The number of halogens is 3. The molecule has 0 radical (unpaired) electrons. The maximum Gasteiger partial charge on any atom is 0.252 e. The highest BCUT2D eigenvalue weighted by Crippen LogP contribution is 2.37. The van der Waals surface area contributed by atoms with Gasteiger partial charge in [-0.05, 0) is 55.8 Å². The minimum absolute atomic E-state index is 0.0917. The number of fused-ring (bicyclic) bond motifs is 1. The molecular weight excluding hydrogens is 491 g/mol. The highest BCUT2D eigenvalue weighted by molar-refractivity contribution is 5.89. The largest absolute Gasteiger partial charge is 0.364 e. The Kier molecular flexibility index (Phi) is 6.67. The minimum atomic E-state index is -0.792. The first kappa shape index (κ1) is 25.5. The van der Waals surface area contributed by atoms with Gasteiger partial charge in [-0.15, -0.1) is 0 Å². The normalized spacial score (nSPS) is 18.9. The second-order valence-corrected chi connectivity index (χ2v) is 9.74. The monoisotopic (exact) mass is 517 g/mol. The molecule has 0 aliphatic carbocycles. The van der Waals surface area contributed by atoms with E-state index in [2.05, 4.69) is 16.0 Å². The zero-order valence-corrected chi connectivity index (χ0v) is 21.2. The fraction of sp³-hybridized carbons (Fsp3) is 0.276. The van der Waals surface area contributed by atoms with Crippen molar-refractivity contribution >= 4 is 16.7 Å². The lowest BCUT2D eigenvalue weighted by atomic mass is 9.92. The van der Waals surface area contributed by atoms with Crippen LogP contribution in [0.2, 0.25) is 0 Å². The molecule has 2 aromatic heterocycles. The maximum atomic E-state index is 15.1. The van der Waals surface area contributed by atoms with Gasteiger partial charge in [-0.2, -0.15) is 5.26 Å². The van der Waals surface area contributed by atoms with Crippen molar-refractivity contribution in [3.63, 3.8) is 0 Å². The molecule has 38 heavy (non-hydrogen) atoms. The summed E-state index contributed by atoms with van der Waals surface area (Å²) in [6.45, 7) is 4.74. The van der Waals surface area contributed by atoms with Gasteiger partial charge in [0.05, 0.1) is 17.2 Å². The second kappa shape index (κ2) is 9.95. The topological polar surface area (TPSA) is 65.2 Å². The van der Waals surface area contributed by atoms with Gasteiger partial charge in [0.2, 0.25) is 0 Å². The molecule has 6 nitrogen and oxygen atoms in total. The number of anilines is 1. The fourth-order valence-corrected chi connectivity index (χ4v) is 5.38. The molecule has 0 spiro atoms. The van der Waals surface area contributed by atoms with Crippen molar-refractivity contribution in [3.05, 3.63) is 105 Å². The van der Waals surface area contributed by atoms with E-state index in [-0.39, 0.29) is 28.9 Å². The van der Waals surface area contributed by atoms with Gasteiger partial charge in [0.15, 0.2) is 0 Å². The molecule has 2 unspecified atom stereocenters.